The Hall–Kier alpha value is -3.26. The molecule has 0 amide bonds. The van der Waals surface area contributed by atoms with Crippen molar-refractivity contribution in [3.63, 3.8) is 0 Å². The summed E-state index contributed by atoms with van der Waals surface area (Å²) in [6, 6.07) is 6.17. The van der Waals surface area contributed by atoms with Gasteiger partial charge in [0.15, 0.2) is 0 Å². The predicted octanol–water partition coefficient (Wildman–Crippen LogP) is 5.21. The monoisotopic (exact) mass is 460 g/mol. The molecule has 1 aromatic heterocycles. The normalized spacial score (nSPS) is 13.4. The lowest BCUT2D eigenvalue weighted by molar-refractivity contribution is -0.376. The molecule has 11 heteroatoms. The summed E-state index contributed by atoms with van der Waals surface area (Å²) in [6.45, 7) is 5.12. The van der Waals surface area contributed by atoms with E-state index in [0.717, 1.165) is 18.2 Å². The van der Waals surface area contributed by atoms with E-state index in [1.165, 1.54) is 10.6 Å². The molecule has 0 bridgehead atoms. The highest BCUT2D eigenvalue weighted by Crippen LogP contribution is 2.50. The minimum absolute atomic E-state index is 0.173. The Kier molecular flexibility index (Phi) is 6.52. The Balaban J connectivity index is 2.68. The number of alkyl halides is 6. The second-order valence-electron chi connectivity index (χ2n) is 7.33. The van der Waals surface area contributed by atoms with Crippen LogP contribution < -0.4 is 0 Å². The zero-order valence-corrected chi connectivity index (χ0v) is 17.0. The van der Waals surface area contributed by atoms with Crippen LogP contribution in [0.3, 0.4) is 0 Å². The molecule has 1 heterocycles. The van der Waals surface area contributed by atoms with E-state index in [1.807, 2.05) is 0 Å². The number of aliphatic hydroxyl groups is 1. The molecule has 1 aromatic carbocycles. The van der Waals surface area contributed by atoms with Gasteiger partial charge in [-0.15, -0.1) is 0 Å². The third kappa shape index (κ3) is 4.23. The van der Waals surface area contributed by atoms with Crippen LogP contribution in [0, 0.1) is 18.3 Å². The smallest absolute Gasteiger partial charge is 0.430 e. The maximum absolute atomic E-state index is 13.1. The largest absolute Gasteiger partial charge is 0.477 e. The number of nitriles is 1. The number of halogens is 6. The highest BCUT2D eigenvalue weighted by atomic mass is 19.4. The van der Waals surface area contributed by atoms with Crippen LogP contribution in [0.15, 0.2) is 35.9 Å². The van der Waals surface area contributed by atoms with Gasteiger partial charge in [0.05, 0.1) is 0 Å². The molecule has 32 heavy (non-hydrogen) atoms. The summed E-state index contributed by atoms with van der Waals surface area (Å²) in [7, 11) is 0. The highest BCUT2D eigenvalue weighted by molar-refractivity contribution is 5.96. The molecule has 0 radical (unpaired) electrons. The Morgan fingerprint density at radius 3 is 1.97 bits per heavy atom. The zero-order valence-electron chi connectivity index (χ0n) is 17.0. The molecule has 172 valence electrons. The summed E-state index contributed by atoms with van der Waals surface area (Å²) in [6.07, 6.45) is -10.9. The van der Waals surface area contributed by atoms with Gasteiger partial charge in [0.1, 0.15) is 11.6 Å². The molecule has 0 aliphatic rings. The second-order valence-corrected chi connectivity index (χ2v) is 7.33. The van der Waals surface area contributed by atoms with Gasteiger partial charge in [-0.1, -0.05) is 26.0 Å². The molecular weight excluding hydrogens is 442 g/mol. The van der Waals surface area contributed by atoms with Crippen molar-refractivity contribution in [2.75, 3.05) is 0 Å². The lowest BCUT2D eigenvalue weighted by atomic mass is 9.92. The molecular formula is C21H18F6N2O3. The minimum Gasteiger partial charge on any atom is -0.477 e. The number of aromatic nitrogens is 1. The van der Waals surface area contributed by atoms with Gasteiger partial charge in [0.2, 0.25) is 0 Å². The zero-order chi connectivity index (χ0) is 24.6. The first kappa shape index (κ1) is 25.0. The summed E-state index contributed by atoms with van der Waals surface area (Å²) < 4.78 is 80.2. The number of carboxylic acid groups (broad SMARTS) is 1. The van der Waals surface area contributed by atoms with E-state index < -0.39 is 35.1 Å². The van der Waals surface area contributed by atoms with Gasteiger partial charge in [-0.3, -0.25) is 0 Å². The molecule has 0 aliphatic carbocycles. The number of carboxylic acids is 1. The van der Waals surface area contributed by atoms with Gasteiger partial charge in [0.25, 0.3) is 5.60 Å². The van der Waals surface area contributed by atoms with Gasteiger partial charge in [-0.05, 0) is 42.7 Å². The van der Waals surface area contributed by atoms with Crippen LogP contribution in [-0.2, 0) is 10.4 Å². The molecule has 0 aliphatic heterocycles. The van der Waals surface area contributed by atoms with Crippen molar-refractivity contribution in [3.05, 3.63) is 58.4 Å². The summed E-state index contributed by atoms with van der Waals surface area (Å²) in [5, 5.41) is 27.6. The molecule has 5 nitrogen and oxygen atoms in total. The Labute approximate surface area is 178 Å². The van der Waals surface area contributed by atoms with E-state index >= 15 is 0 Å². The van der Waals surface area contributed by atoms with Crippen LogP contribution in [0.25, 0.3) is 11.8 Å². The van der Waals surface area contributed by atoms with Crippen LogP contribution in [-0.4, -0.2) is 33.1 Å². The molecule has 2 aromatic rings. The number of hydrogen-bond donors (Lipinski definition) is 2. The lowest BCUT2D eigenvalue weighted by Crippen LogP contribution is -2.53. The number of aliphatic carboxylic acids is 1. The van der Waals surface area contributed by atoms with Crippen LogP contribution in [0.1, 0.15) is 42.3 Å². The number of benzene rings is 1. The van der Waals surface area contributed by atoms with Crippen LogP contribution in [0.2, 0.25) is 0 Å². The summed E-state index contributed by atoms with van der Waals surface area (Å²) in [5.74, 6) is -1.62. The second kappa shape index (κ2) is 8.35. The topological polar surface area (TPSA) is 86.3 Å². The Morgan fingerprint density at radius 1 is 1.09 bits per heavy atom. The summed E-state index contributed by atoms with van der Waals surface area (Å²) >= 11 is 0. The van der Waals surface area contributed by atoms with Gasteiger partial charge in [-0.25, -0.2) is 4.79 Å². The number of nitrogens with zero attached hydrogens (tertiary/aromatic N) is 2. The molecule has 0 saturated carbocycles. The van der Waals surface area contributed by atoms with E-state index in [0.29, 0.717) is 29.1 Å². The molecule has 0 unspecified atom stereocenters. The predicted molar refractivity (Wildman–Crippen MR) is 102 cm³/mol. The average molecular weight is 460 g/mol. The maximum atomic E-state index is 13.1. The first-order chi connectivity index (χ1) is 14.6. The van der Waals surface area contributed by atoms with E-state index in [9.17, 15) is 36.2 Å². The number of hydrogen-bond acceptors (Lipinski definition) is 3. The van der Waals surface area contributed by atoms with Crippen molar-refractivity contribution in [3.8, 4) is 11.8 Å². The third-order valence-electron chi connectivity index (χ3n) is 4.92. The maximum Gasteiger partial charge on any atom is 0.430 e. The molecule has 0 atom stereocenters. The first-order valence-corrected chi connectivity index (χ1v) is 9.10. The lowest BCUT2D eigenvalue weighted by Gasteiger charge is -2.32. The first-order valence-electron chi connectivity index (χ1n) is 9.10. The molecule has 0 spiro atoms. The van der Waals surface area contributed by atoms with E-state index in [1.54, 1.807) is 26.8 Å². The molecule has 0 fully saturated rings. The average Bonchev–Trinajstić information content (AvgIpc) is 3.00. The van der Waals surface area contributed by atoms with E-state index in [4.69, 9.17) is 10.4 Å². The van der Waals surface area contributed by atoms with E-state index in [-0.39, 0.29) is 11.6 Å². The van der Waals surface area contributed by atoms with Crippen molar-refractivity contribution >= 4 is 12.0 Å². The van der Waals surface area contributed by atoms with Gasteiger partial charge in [0, 0.05) is 22.6 Å². The SMILES string of the molecule is Cc1c(/C=C(\C#N)C(=O)O)cc(C(C)C)n1-c1ccc(C(O)(C(F)(F)F)C(F)(F)F)cc1. The van der Waals surface area contributed by atoms with Crippen LogP contribution >= 0.6 is 0 Å². The minimum atomic E-state index is -6.00. The van der Waals surface area contributed by atoms with Crippen molar-refractivity contribution in [1.82, 2.24) is 4.57 Å². The molecule has 2 rings (SSSR count). The fourth-order valence-corrected chi connectivity index (χ4v) is 3.20. The number of rotatable bonds is 5. The standard InChI is InChI=1S/C21H18F6N2O3/c1-11(2)17-9-13(8-14(10-28)18(30)31)12(3)29(17)16-6-4-15(5-7-16)19(32,20(22,23)24)21(25,26)27/h4-9,11,32H,1-3H3,(H,30,31)/b14-8+. The third-order valence-corrected chi connectivity index (χ3v) is 4.92. The van der Waals surface area contributed by atoms with Gasteiger partial charge >= 0.3 is 18.3 Å². The quantitative estimate of drug-likeness (QED) is 0.364. The Bertz CT molecular complexity index is 1070. The molecule has 0 saturated heterocycles. The summed E-state index contributed by atoms with van der Waals surface area (Å²) in [5.41, 5.74) is -5.45. The highest BCUT2D eigenvalue weighted by Gasteiger charge is 2.71. The van der Waals surface area contributed by atoms with Crippen molar-refractivity contribution in [1.29, 1.82) is 5.26 Å². The van der Waals surface area contributed by atoms with Crippen molar-refractivity contribution in [2.45, 2.75) is 44.6 Å². The van der Waals surface area contributed by atoms with Crippen molar-refractivity contribution in [2.24, 2.45) is 0 Å². The summed E-state index contributed by atoms with van der Waals surface area (Å²) in [4.78, 5) is 11.1. The fraction of sp³-hybridized carbons (Fsp3) is 0.333. The van der Waals surface area contributed by atoms with Crippen LogP contribution in [0.4, 0.5) is 26.3 Å². The van der Waals surface area contributed by atoms with Gasteiger partial charge < -0.3 is 14.8 Å². The molecule has 2 N–H and O–H groups in total. The fourth-order valence-electron chi connectivity index (χ4n) is 3.20. The Morgan fingerprint density at radius 2 is 1.59 bits per heavy atom. The van der Waals surface area contributed by atoms with Crippen molar-refractivity contribution < 1.29 is 41.4 Å². The number of carbonyl (C=O) groups is 1. The van der Waals surface area contributed by atoms with Crippen LogP contribution in [0.5, 0.6) is 0 Å². The van der Waals surface area contributed by atoms with Gasteiger partial charge in [-0.2, -0.15) is 31.6 Å². The van der Waals surface area contributed by atoms with E-state index in [2.05, 4.69) is 0 Å².